The molecule has 0 fully saturated rings. The number of benzene rings is 1. The van der Waals surface area contributed by atoms with E-state index in [0.29, 0.717) is 0 Å². The van der Waals surface area contributed by atoms with Gasteiger partial charge in [0.15, 0.2) is 0 Å². The highest BCUT2D eigenvalue weighted by Crippen LogP contribution is 2.52. The van der Waals surface area contributed by atoms with E-state index in [0.717, 1.165) is 5.56 Å². The van der Waals surface area contributed by atoms with Crippen molar-refractivity contribution in [2.75, 3.05) is 19.8 Å². The van der Waals surface area contributed by atoms with Crippen LogP contribution in [0.4, 0.5) is 4.79 Å². The van der Waals surface area contributed by atoms with Crippen LogP contribution < -0.4 is 5.32 Å². The van der Waals surface area contributed by atoms with Gasteiger partial charge in [-0.05, 0) is 26.3 Å². The van der Waals surface area contributed by atoms with Crippen molar-refractivity contribution in [3.05, 3.63) is 35.9 Å². The monoisotopic (exact) mass is 373 g/mol. The Morgan fingerprint density at radius 3 is 2.12 bits per heavy atom. The van der Waals surface area contributed by atoms with Crippen LogP contribution in [0.15, 0.2) is 30.3 Å². The van der Waals surface area contributed by atoms with E-state index in [2.05, 4.69) is 5.32 Å². The predicted molar refractivity (Wildman–Crippen MR) is 91.0 cm³/mol. The quantitative estimate of drug-likeness (QED) is 0.497. The van der Waals surface area contributed by atoms with E-state index in [9.17, 15) is 14.2 Å². The summed E-state index contributed by atoms with van der Waals surface area (Å²) in [5.74, 6) is -2.51. The standard InChI is InChI=1S/C16H24NO7P/c1-4-21-15(18)14(25(20,23-5-2)24-6-3)17-16(19)22-12-13-10-8-7-9-11-13/h7-11,14H,4-6,12H2,1-3H3,(H,17,19)/t14-/m0/s1. The van der Waals surface area contributed by atoms with Gasteiger partial charge in [-0.25, -0.2) is 9.59 Å². The molecule has 25 heavy (non-hydrogen) atoms. The average Bonchev–Trinajstić information content (AvgIpc) is 2.59. The SMILES string of the molecule is CCOC(=O)[C@@H](NC(=O)OCc1ccccc1)P(=O)(OCC)OCC. The van der Waals surface area contributed by atoms with Crippen LogP contribution in [0.5, 0.6) is 0 Å². The van der Waals surface area contributed by atoms with Crippen molar-refractivity contribution in [2.24, 2.45) is 0 Å². The van der Waals surface area contributed by atoms with Crippen LogP contribution in [0.1, 0.15) is 26.3 Å². The lowest BCUT2D eigenvalue weighted by Gasteiger charge is -2.25. The summed E-state index contributed by atoms with van der Waals surface area (Å²) in [6.07, 6.45) is -0.929. The van der Waals surface area contributed by atoms with Crippen LogP contribution in [0, 0.1) is 0 Å². The number of esters is 1. The number of carbonyl (C=O) groups is 2. The maximum Gasteiger partial charge on any atom is 0.408 e. The fourth-order valence-corrected chi connectivity index (χ4v) is 3.60. The van der Waals surface area contributed by atoms with Crippen LogP contribution in [-0.4, -0.2) is 37.7 Å². The zero-order chi connectivity index (χ0) is 18.7. The first-order valence-electron chi connectivity index (χ1n) is 7.99. The van der Waals surface area contributed by atoms with Gasteiger partial charge in [0.25, 0.3) is 0 Å². The highest BCUT2D eigenvalue weighted by Gasteiger charge is 2.44. The van der Waals surface area contributed by atoms with Crippen molar-refractivity contribution >= 4 is 19.7 Å². The Morgan fingerprint density at radius 1 is 1.00 bits per heavy atom. The molecule has 1 amide bonds. The van der Waals surface area contributed by atoms with Gasteiger partial charge >= 0.3 is 19.7 Å². The number of rotatable bonds is 10. The lowest BCUT2D eigenvalue weighted by atomic mass is 10.2. The van der Waals surface area contributed by atoms with E-state index in [-0.39, 0.29) is 26.4 Å². The van der Waals surface area contributed by atoms with Crippen molar-refractivity contribution in [1.29, 1.82) is 0 Å². The molecule has 1 aromatic rings. The van der Waals surface area contributed by atoms with E-state index in [1.807, 2.05) is 6.07 Å². The van der Waals surface area contributed by atoms with Gasteiger partial charge in [0.1, 0.15) is 6.61 Å². The third kappa shape index (κ3) is 6.86. The topological polar surface area (TPSA) is 100 Å². The third-order valence-electron chi connectivity index (χ3n) is 2.91. The minimum Gasteiger partial charge on any atom is -0.464 e. The molecule has 1 aromatic carbocycles. The van der Waals surface area contributed by atoms with Gasteiger partial charge in [0.05, 0.1) is 19.8 Å². The van der Waals surface area contributed by atoms with Crippen molar-refractivity contribution in [1.82, 2.24) is 5.32 Å². The Kier molecular flexibility index (Phi) is 9.20. The lowest BCUT2D eigenvalue weighted by Crippen LogP contribution is -2.42. The molecule has 0 saturated heterocycles. The molecule has 0 aliphatic heterocycles. The Hall–Kier alpha value is -1.89. The second-order valence-electron chi connectivity index (χ2n) is 4.74. The number of hydrogen-bond donors (Lipinski definition) is 1. The van der Waals surface area contributed by atoms with Gasteiger partial charge in [0.2, 0.25) is 5.78 Å². The summed E-state index contributed by atoms with van der Waals surface area (Å²) in [6, 6.07) is 9.00. The number of alkyl carbamates (subject to hydrolysis) is 1. The molecule has 0 unspecified atom stereocenters. The molecule has 0 spiro atoms. The molecule has 0 aliphatic carbocycles. The molecular formula is C16H24NO7P. The maximum absolute atomic E-state index is 12.8. The van der Waals surface area contributed by atoms with E-state index in [4.69, 9.17) is 18.5 Å². The smallest absolute Gasteiger partial charge is 0.408 e. The predicted octanol–water partition coefficient (Wildman–Crippen LogP) is 3.07. The summed E-state index contributed by atoms with van der Waals surface area (Å²) in [7, 11) is -3.95. The van der Waals surface area contributed by atoms with Gasteiger partial charge in [-0.2, -0.15) is 0 Å². The molecule has 1 N–H and O–H groups in total. The molecule has 140 valence electrons. The lowest BCUT2D eigenvalue weighted by molar-refractivity contribution is -0.143. The zero-order valence-electron chi connectivity index (χ0n) is 14.6. The summed E-state index contributed by atoms with van der Waals surface area (Å²) >= 11 is 0. The van der Waals surface area contributed by atoms with Gasteiger partial charge in [-0.3, -0.25) is 9.88 Å². The molecule has 1 atom stereocenters. The Labute approximate surface area is 147 Å². The zero-order valence-corrected chi connectivity index (χ0v) is 15.5. The number of carbonyl (C=O) groups excluding carboxylic acids is 2. The molecular weight excluding hydrogens is 349 g/mol. The molecule has 0 radical (unpaired) electrons. The van der Waals surface area contributed by atoms with Crippen molar-refractivity contribution in [2.45, 2.75) is 33.2 Å². The minimum atomic E-state index is -3.95. The van der Waals surface area contributed by atoms with Crippen LogP contribution in [0.2, 0.25) is 0 Å². The fourth-order valence-electron chi connectivity index (χ4n) is 1.91. The molecule has 8 nitrogen and oxygen atoms in total. The fraction of sp³-hybridized carbons (Fsp3) is 0.500. The molecule has 0 aromatic heterocycles. The van der Waals surface area contributed by atoms with Crippen LogP contribution >= 0.6 is 7.60 Å². The van der Waals surface area contributed by atoms with E-state index >= 15 is 0 Å². The summed E-state index contributed by atoms with van der Waals surface area (Å²) in [4.78, 5) is 24.1. The van der Waals surface area contributed by atoms with E-state index in [1.54, 1.807) is 45.0 Å². The van der Waals surface area contributed by atoms with Gasteiger partial charge in [0, 0.05) is 0 Å². The Bertz CT molecular complexity index is 583. The number of amides is 1. The molecule has 0 saturated carbocycles. The highest BCUT2D eigenvalue weighted by atomic mass is 31.2. The number of nitrogens with one attached hydrogen (secondary N) is 1. The van der Waals surface area contributed by atoms with Crippen molar-refractivity contribution in [3.8, 4) is 0 Å². The van der Waals surface area contributed by atoms with Crippen molar-refractivity contribution in [3.63, 3.8) is 0 Å². The molecule has 1 rings (SSSR count). The van der Waals surface area contributed by atoms with Crippen molar-refractivity contribution < 1.29 is 32.7 Å². The molecule has 0 aliphatic rings. The normalized spacial score (nSPS) is 12.3. The summed E-state index contributed by atoms with van der Waals surface area (Å²) in [5, 5.41) is 2.23. The largest absolute Gasteiger partial charge is 0.464 e. The van der Waals surface area contributed by atoms with Gasteiger partial charge in [-0.15, -0.1) is 0 Å². The van der Waals surface area contributed by atoms with Crippen LogP contribution in [0.25, 0.3) is 0 Å². The summed E-state index contributed by atoms with van der Waals surface area (Å²) in [6.45, 7) is 4.91. The van der Waals surface area contributed by atoms with Gasteiger partial charge < -0.3 is 18.5 Å². The number of ether oxygens (including phenoxy) is 2. The first-order valence-corrected chi connectivity index (χ1v) is 9.60. The van der Waals surface area contributed by atoms with Gasteiger partial charge in [-0.1, -0.05) is 30.3 Å². The molecule has 0 bridgehead atoms. The van der Waals surface area contributed by atoms with E-state index < -0.39 is 25.4 Å². The maximum atomic E-state index is 12.8. The molecule has 0 heterocycles. The second-order valence-corrected chi connectivity index (χ2v) is 6.85. The first kappa shape index (κ1) is 21.2. The number of hydrogen-bond acceptors (Lipinski definition) is 7. The van der Waals surface area contributed by atoms with Crippen LogP contribution in [0.3, 0.4) is 0 Å². The average molecular weight is 373 g/mol. The highest BCUT2D eigenvalue weighted by molar-refractivity contribution is 7.55. The Balaban J connectivity index is 2.83. The van der Waals surface area contributed by atoms with E-state index in [1.165, 1.54) is 0 Å². The second kappa shape index (κ2) is 10.9. The minimum absolute atomic E-state index is 0.00418. The first-order chi connectivity index (χ1) is 12.0. The Morgan fingerprint density at radius 2 is 1.60 bits per heavy atom. The summed E-state index contributed by atoms with van der Waals surface area (Å²) in [5.41, 5.74) is 0.767. The summed E-state index contributed by atoms with van der Waals surface area (Å²) < 4.78 is 33.0. The third-order valence-corrected chi connectivity index (χ3v) is 5.12. The van der Waals surface area contributed by atoms with Crippen LogP contribution in [-0.2, 0) is 34.5 Å². The molecule has 9 heteroatoms.